The summed E-state index contributed by atoms with van der Waals surface area (Å²) in [5.74, 6) is 1.93. The van der Waals surface area contributed by atoms with E-state index in [0.717, 1.165) is 24.2 Å². The summed E-state index contributed by atoms with van der Waals surface area (Å²) in [6.07, 6.45) is 5.43. The predicted molar refractivity (Wildman–Crippen MR) is 105 cm³/mol. The van der Waals surface area contributed by atoms with Crippen molar-refractivity contribution < 1.29 is 14.2 Å². The topological polar surface area (TPSA) is 56.7 Å². The third-order valence-corrected chi connectivity index (χ3v) is 4.47. The van der Waals surface area contributed by atoms with Gasteiger partial charge in [-0.1, -0.05) is 24.3 Å². The highest BCUT2D eigenvalue weighted by Crippen LogP contribution is 2.32. The summed E-state index contributed by atoms with van der Waals surface area (Å²) in [5, 5.41) is 0. The van der Waals surface area contributed by atoms with E-state index in [1.54, 1.807) is 12.4 Å². The number of hydrogen-bond acceptors (Lipinski definition) is 6. The molecule has 0 radical (unpaired) electrons. The lowest BCUT2D eigenvalue weighted by molar-refractivity contribution is 0.0761. The minimum absolute atomic E-state index is 0.470. The average molecular weight is 377 g/mol. The summed E-state index contributed by atoms with van der Waals surface area (Å²) in [6, 6.07) is 15.7. The summed E-state index contributed by atoms with van der Waals surface area (Å²) in [5.41, 5.74) is 2.17. The summed E-state index contributed by atoms with van der Waals surface area (Å²) in [4.78, 5) is 11.0. The Morgan fingerprint density at radius 1 is 0.893 bits per heavy atom. The quantitative estimate of drug-likeness (QED) is 0.679. The number of para-hydroxylation sites is 2. The second-order valence-electron chi connectivity index (χ2n) is 6.55. The summed E-state index contributed by atoms with van der Waals surface area (Å²) in [7, 11) is 0. The van der Waals surface area contributed by atoms with Gasteiger partial charge in [0.15, 0.2) is 11.5 Å². The van der Waals surface area contributed by atoms with Gasteiger partial charge >= 0.3 is 0 Å². The van der Waals surface area contributed by atoms with E-state index in [1.165, 1.54) is 0 Å². The van der Waals surface area contributed by atoms with E-state index >= 15 is 0 Å². The van der Waals surface area contributed by atoms with Gasteiger partial charge < -0.3 is 14.2 Å². The van der Waals surface area contributed by atoms with Crippen molar-refractivity contribution in [2.24, 2.45) is 0 Å². The Morgan fingerprint density at radius 3 is 2.68 bits per heavy atom. The normalized spacial score (nSPS) is 15.6. The number of hydrogen-bond donors (Lipinski definition) is 0. The molecule has 2 aromatic heterocycles. The molecule has 0 saturated heterocycles. The van der Waals surface area contributed by atoms with E-state index in [2.05, 4.69) is 20.9 Å². The molecule has 1 aromatic carbocycles. The predicted octanol–water partition coefficient (Wildman–Crippen LogP) is 3.68. The highest BCUT2D eigenvalue weighted by Gasteiger charge is 2.15. The number of rotatable bonds is 2. The largest absolute Gasteiger partial charge is 0.487 e. The Labute approximate surface area is 164 Å². The monoisotopic (exact) mass is 377 g/mol. The van der Waals surface area contributed by atoms with Gasteiger partial charge in [-0.3, -0.25) is 9.88 Å². The van der Waals surface area contributed by atoms with Crippen LogP contribution in [0.3, 0.4) is 0 Å². The van der Waals surface area contributed by atoms with Crippen LogP contribution in [0, 0.1) is 0 Å². The molecule has 6 heteroatoms. The molecule has 28 heavy (non-hydrogen) atoms. The van der Waals surface area contributed by atoms with Gasteiger partial charge in [-0.2, -0.15) is 0 Å². The second kappa shape index (κ2) is 9.30. The fourth-order valence-corrected chi connectivity index (χ4v) is 3.11. The molecule has 1 aliphatic rings. The van der Waals surface area contributed by atoms with Crippen molar-refractivity contribution in [2.75, 3.05) is 26.4 Å². The lowest BCUT2D eigenvalue weighted by Crippen LogP contribution is -2.27. The van der Waals surface area contributed by atoms with Crippen molar-refractivity contribution in [1.82, 2.24) is 14.9 Å². The van der Waals surface area contributed by atoms with Gasteiger partial charge in [-0.05, 0) is 29.8 Å². The van der Waals surface area contributed by atoms with Crippen molar-refractivity contribution >= 4 is 0 Å². The van der Waals surface area contributed by atoms with Crippen LogP contribution < -0.4 is 9.47 Å². The lowest BCUT2D eigenvalue weighted by atomic mass is 10.2. The fraction of sp³-hybridized carbons (Fsp3) is 0.273. The van der Waals surface area contributed by atoms with E-state index in [-0.39, 0.29) is 0 Å². The van der Waals surface area contributed by atoms with E-state index in [1.807, 2.05) is 48.7 Å². The summed E-state index contributed by atoms with van der Waals surface area (Å²) < 4.78 is 17.8. The van der Waals surface area contributed by atoms with Gasteiger partial charge in [-0.15, -0.1) is 0 Å². The molecule has 6 nitrogen and oxygen atoms in total. The first-order valence-electron chi connectivity index (χ1n) is 9.41. The van der Waals surface area contributed by atoms with Crippen LogP contribution in [0.5, 0.6) is 17.4 Å². The van der Waals surface area contributed by atoms with Crippen molar-refractivity contribution in [3.05, 3.63) is 78.2 Å². The highest BCUT2D eigenvalue weighted by atomic mass is 16.5. The number of pyridine rings is 2. The van der Waals surface area contributed by atoms with E-state index in [9.17, 15) is 0 Å². The first-order chi connectivity index (χ1) is 13.9. The highest BCUT2D eigenvalue weighted by molar-refractivity contribution is 5.43. The SMILES string of the molecule is c1cncc(CN2CCOCCOc3ccccc3Oc3ncccc3C2)c1. The Morgan fingerprint density at radius 2 is 1.79 bits per heavy atom. The molecular formula is C22H23N3O3. The zero-order valence-corrected chi connectivity index (χ0v) is 15.7. The van der Waals surface area contributed by atoms with Crippen LogP contribution in [-0.4, -0.2) is 41.2 Å². The summed E-state index contributed by atoms with van der Waals surface area (Å²) >= 11 is 0. The summed E-state index contributed by atoms with van der Waals surface area (Å²) in [6.45, 7) is 3.89. The van der Waals surface area contributed by atoms with Crippen LogP contribution in [0.4, 0.5) is 0 Å². The Bertz CT molecular complexity index is 889. The van der Waals surface area contributed by atoms with Gasteiger partial charge in [0.1, 0.15) is 6.61 Å². The molecule has 0 unspecified atom stereocenters. The maximum absolute atomic E-state index is 6.14. The van der Waals surface area contributed by atoms with Gasteiger partial charge in [0.2, 0.25) is 5.88 Å². The molecule has 144 valence electrons. The van der Waals surface area contributed by atoms with Crippen molar-refractivity contribution in [1.29, 1.82) is 0 Å². The van der Waals surface area contributed by atoms with Crippen LogP contribution in [0.15, 0.2) is 67.1 Å². The lowest BCUT2D eigenvalue weighted by Gasteiger charge is -2.23. The van der Waals surface area contributed by atoms with Gasteiger partial charge in [0.05, 0.1) is 13.2 Å². The van der Waals surface area contributed by atoms with Gasteiger partial charge in [0, 0.05) is 43.8 Å². The Kier molecular flexibility index (Phi) is 6.11. The fourth-order valence-electron chi connectivity index (χ4n) is 3.11. The third kappa shape index (κ3) is 4.85. The molecule has 3 aromatic rings. The molecule has 0 N–H and O–H groups in total. The van der Waals surface area contributed by atoms with Crippen molar-refractivity contribution in [3.8, 4) is 17.4 Å². The van der Waals surface area contributed by atoms with Gasteiger partial charge in [-0.25, -0.2) is 4.98 Å². The average Bonchev–Trinajstić information content (AvgIpc) is 2.74. The van der Waals surface area contributed by atoms with Gasteiger partial charge in [0.25, 0.3) is 0 Å². The van der Waals surface area contributed by atoms with Crippen molar-refractivity contribution in [3.63, 3.8) is 0 Å². The first kappa shape index (κ1) is 18.4. The minimum Gasteiger partial charge on any atom is -0.487 e. The Hall–Kier alpha value is -2.96. The van der Waals surface area contributed by atoms with Crippen LogP contribution >= 0.6 is 0 Å². The maximum atomic E-state index is 6.14. The van der Waals surface area contributed by atoms with E-state index in [4.69, 9.17) is 14.2 Å². The standard InChI is InChI=1S/C22H23N3O3/c1-2-8-21-20(7-1)27-14-13-26-12-11-25(16-18-5-3-9-23-15-18)17-19-6-4-10-24-22(19)28-21/h1-10,15H,11-14,16-17H2. The number of benzene rings is 1. The van der Waals surface area contributed by atoms with Crippen molar-refractivity contribution in [2.45, 2.75) is 13.1 Å². The molecule has 1 aliphatic heterocycles. The van der Waals surface area contributed by atoms with Crippen LogP contribution in [0.1, 0.15) is 11.1 Å². The Balaban J connectivity index is 1.61. The molecule has 0 bridgehead atoms. The number of fused-ring (bicyclic) bond motifs is 2. The number of aromatic nitrogens is 2. The third-order valence-electron chi connectivity index (χ3n) is 4.47. The van der Waals surface area contributed by atoms with Crippen LogP contribution in [-0.2, 0) is 17.8 Å². The molecule has 0 amide bonds. The van der Waals surface area contributed by atoms with E-state index < -0.39 is 0 Å². The molecule has 0 saturated carbocycles. The molecule has 3 heterocycles. The minimum atomic E-state index is 0.470. The molecule has 0 spiro atoms. The molecule has 4 rings (SSSR count). The zero-order chi connectivity index (χ0) is 19.0. The molecule has 0 fully saturated rings. The molecule has 0 atom stereocenters. The smallest absolute Gasteiger partial charge is 0.223 e. The zero-order valence-electron chi connectivity index (χ0n) is 15.7. The maximum Gasteiger partial charge on any atom is 0.223 e. The van der Waals surface area contributed by atoms with Crippen LogP contribution in [0.2, 0.25) is 0 Å². The molecule has 0 aliphatic carbocycles. The first-order valence-corrected chi connectivity index (χ1v) is 9.41. The number of nitrogens with zero attached hydrogens (tertiary/aromatic N) is 3. The number of ether oxygens (including phenoxy) is 3. The second-order valence-corrected chi connectivity index (χ2v) is 6.55. The molecular weight excluding hydrogens is 354 g/mol. The van der Waals surface area contributed by atoms with E-state index in [0.29, 0.717) is 43.7 Å². The van der Waals surface area contributed by atoms with Crippen LogP contribution in [0.25, 0.3) is 0 Å².